The van der Waals surface area contributed by atoms with Crippen molar-refractivity contribution in [1.82, 2.24) is 5.32 Å². The molecule has 2 N–H and O–H groups in total. The molecule has 0 bridgehead atoms. The number of aliphatic hydroxyl groups is 1. The highest BCUT2D eigenvalue weighted by atomic mass is 32.2. The molecule has 1 aliphatic rings. The maximum absolute atomic E-state index is 10.6. The van der Waals surface area contributed by atoms with E-state index in [2.05, 4.69) is 5.32 Å². The fraction of sp³-hybridized carbons (Fsp3) is 1.00. The van der Waals surface area contributed by atoms with Crippen molar-refractivity contribution >= 4 is 10.8 Å². The van der Waals surface area contributed by atoms with E-state index in [9.17, 15) is 9.32 Å². The lowest BCUT2D eigenvalue weighted by Gasteiger charge is -2.08. The molecule has 0 aromatic rings. The Balaban J connectivity index is 1.99. The first kappa shape index (κ1) is 9.16. The van der Waals surface area contributed by atoms with Crippen molar-refractivity contribution in [3.8, 4) is 0 Å². The molecular weight excluding hydrogens is 162 g/mol. The number of nitrogens with one attached hydrogen (secondary N) is 1. The van der Waals surface area contributed by atoms with Gasteiger partial charge in [0.2, 0.25) is 0 Å². The van der Waals surface area contributed by atoms with E-state index in [1.54, 1.807) is 6.26 Å². The number of aliphatic hydroxyl groups excluding tert-OH is 1. The van der Waals surface area contributed by atoms with Crippen molar-refractivity contribution in [3.63, 3.8) is 0 Å². The van der Waals surface area contributed by atoms with Gasteiger partial charge >= 0.3 is 0 Å². The van der Waals surface area contributed by atoms with E-state index in [1.807, 2.05) is 0 Å². The third-order valence-electron chi connectivity index (χ3n) is 1.65. The molecule has 0 amide bonds. The molecule has 0 aromatic heterocycles. The second-order valence-electron chi connectivity index (χ2n) is 3.08. The van der Waals surface area contributed by atoms with E-state index in [4.69, 9.17) is 0 Å². The summed E-state index contributed by atoms with van der Waals surface area (Å²) in [6.45, 7) is 0.588. The Labute approximate surface area is 69.6 Å². The van der Waals surface area contributed by atoms with Gasteiger partial charge in [0.25, 0.3) is 0 Å². The molecule has 0 aliphatic heterocycles. The van der Waals surface area contributed by atoms with Crippen LogP contribution in [0.5, 0.6) is 0 Å². The first-order chi connectivity index (χ1) is 5.18. The summed E-state index contributed by atoms with van der Waals surface area (Å²) in [5.74, 6) is 0.389. The third kappa shape index (κ3) is 4.50. The Bertz CT molecular complexity index is 147. The van der Waals surface area contributed by atoms with Gasteiger partial charge in [-0.05, 0) is 12.8 Å². The Kier molecular flexibility index (Phi) is 3.48. The summed E-state index contributed by atoms with van der Waals surface area (Å²) in [6, 6.07) is 0.620. The Hall–Kier alpha value is 0.0700. The second kappa shape index (κ2) is 4.18. The highest BCUT2D eigenvalue weighted by molar-refractivity contribution is 7.84. The molecule has 3 nitrogen and oxygen atoms in total. The first-order valence-electron chi connectivity index (χ1n) is 3.90. The quantitative estimate of drug-likeness (QED) is 0.594. The molecular formula is C7H15NO2S. The monoisotopic (exact) mass is 177 g/mol. The average Bonchev–Trinajstić information content (AvgIpc) is 2.63. The van der Waals surface area contributed by atoms with Gasteiger partial charge in [-0.1, -0.05) is 0 Å². The van der Waals surface area contributed by atoms with Crippen LogP contribution in [-0.4, -0.2) is 40.0 Å². The van der Waals surface area contributed by atoms with Crippen LogP contribution in [0.15, 0.2) is 0 Å². The van der Waals surface area contributed by atoms with Crippen LogP contribution in [0.25, 0.3) is 0 Å². The second-order valence-corrected chi connectivity index (χ2v) is 4.56. The Morgan fingerprint density at radius 3 is 2.82 bits per heavy atom. The summed E-state index contributed by atoms with van der Waals surface area (Å²) in [4.78, 5) is 0. The summed E-state index contributed by atoms with van der Waals surface area (Å²) >= 11 is 0. The van der Waals surface area contributed by atoms with Gasteiger partial charge in [-0.15, -0.1) is 0 Å². The molecule has 0 aromatic carbocycles. The molecule has 0 saturated heterocycles. The maximum Gasteiger partial charge on any atom is 0.0779 e. The van der Waals surface area contributed by atoms with E-state index in [-0.39, 0.29) is 0 Å². The number of hydrogen-bond acceptors (Lipinski definition) is 3. The fourth-order valence-corrected chi connectivity index (χ4v) is 1.58. The fourth-order valence-electron chi connectivity index (χ4n) is 0.920. The average molecular weight is 177 g/mol. The van der Waals surface area contributed by atoms with Crippen molar-refractivity contribution in [1.29, 1.82) is 0 Å². The normalized spacial score (nSPS) is 23.1. The van der Waals surface area contributed by atoms with Crippen LogP contribution in [-0.2, 0) is 10.8 Å². The van der Waals surface area contributed by atoms with Crippen LogP contribution < -0.4 is 5.32 Å². The van der Waals surface area contributed by atoms with Crippen molar-refractivity contribution in [2.75, 3.05) is 18.6 Å². The lowest BCUT2D eigenvalue weighted by Crippen LogP contribution is -2.31. The van der Waals surface area contributed by atoms with Crippen LogP contribution in [0.2, 0.25) is 0 Å². The molecule has 0 heterocycles. The van der Waals surface area contributed by atoms with Gasteiger partial charge in [0.15, 0.2) is 0 Å². The summed E-state index contributed by atoms with van der Waals surface area (Å²) in [7, 11) is -0.880. The first-order valence-corrected chi connectivity index (χ1v) is 5.62. The Morgan fingerprint density at radius 1 is 1.73 bits per heavy atom. The summed E-state index contributed by atoms with van der Waals surface area (Å²) < 4.78 is 10.6. The molecule has 1 fully saturated rings. The minimum absolute atomic E-state index is 0.389. The van der Waals surface area contributed by atoms with Crippen molar-refractivity contribution in [3.05, 3.63) is 0 Å². The van der Waals surface area contributed by atoms with Gasteiger partial charge in [-0.2, -0.15) is 0 Å². The standard InChI is InChI=1S/C7H15NO2S/c1-11(10)5-7(9)4-8-6-2-3-6/h6-9H,2-5H2,1H3. The smallest absolute Gasteiger partial charge is 0.0779 e. The molecule has 1 rings (SSSR count). The van der Waals surface area contributed by atoms with Gasteiger partial charge in [0.1, 0.15) is 0 Å². The van der Waals surface area contributed by atoms with Crippen LogP contribution in [0, 0.1) is 0 Å². The molecule has 0 radical (unpaired) electrons. The van der Waals surface area contributed by atoms with Gasteiger partial charge in [0, 0.05) is 29.6 Å². The predicted molar refractivity (Wildman–Crippen MR) is 46.0 cm³/mol. The molecule has 1 aliphatic carbocycles. The topological polar surface area (TPSA) is 49.3 Å². The SMILES string of the molecule is CS(=O)CC(O)CNC1CC1. The molecule has 2 unspecified atom stereocenters. The van der Waals surface area contributed by atoms with E-state index in [0.29, 0.717) is 18.3 Å². The third-order valence-corrected chi connectivity index (χ3v) is 2.50. The van der Waals surface area contributed by atoms with E-state index in [1.165, 1.54) is 12.8 Å². The van der Waals surface area contributed by atoms with E-state index in [0.717, 1.165) is 0 Å². The Morgan fingerprint density at radius 2 is 2.36 bits per heavy atom. The van der Waals surface area contributed by atoms with Crippen LogP contribution in [0.3, 0.4) is 0 Å². The van der Waals surface area contributed by atoms with Gasteiger partial charge in [0.05, 0.1) is 11.9 Å². The molecule has 66 valence electrons. The largest absolute Gasteiger partial charge is 0.391 e. The molecule has 0 spiro atoms. The number of rotatable bonds is 5. The minimum atomic E-state index is -0.880. The van der Waals surface area contributed by atoms with Gasteiger partial charge < -0.3 is 10.4 Å². The van der Waals surface area contributed by atoms with E-state index < -0.39 is 16.9 Å². The van der Waals surface area contributed by atoms with E-state index >= 15 is 0 Å². The number of hydrogen-bond donors (Lipinski definition) is 2. The van der Waals surface area contributed by atoms with Crippen molar-refractivity contribution in [2.45, 2.75) is 25.0 Å². The van der Waals surface area contributed by atoms with Gasteiger partial charge in [-0.25, -0.2) is 0 Å². The zero-order chi connectivity index (χ0) is 8.27. The van der Waals surface area contributed by atoms with Crippen LogP contribution in [0.1, 0.15) is 12.8 Å². The summed E-state index contributed by atoms with van der Waals surface area (Å²) in [6.07, 6.45) is 3.62. The van der Waals surface area contributed by atoms with Gasteiger partial charge in [-0.3, -0.25) is 4.21 Å². The minimum Gasteiger partial charge on any atom is -0.391 e. The molecule has 4 heteroatoms. The lowest BCUT2D eigenvalue weighted by molar-refractivity contribution is 0.194. The zero-order valence-corrected chi connectivity index (χ0v) is 7.56. The highest BCUT2D eigenvalue weighted by Gasteiger charge is 2.21. The van der Waals surface area contributed by atoms with Crippen molar-refractivity contribution < 1.29 is 9.32 Å². The zero-order valence-electron chi connectivity index (χ0n) is 6.75. The summed E-state index contributed by atoms with van der Waals surface area (Å²) in [5.41, 5.74) is 0. The maximum atomic E-state index is 10.6. The van der Waals surface area contributed by atoms with Crippen molar-refractivity contribution in [2.24, 2.45) is 0 Å². The summed E-state index contributed by atoms with van der Waals surface area (Å²) in [5, 5.41) is 12.4. The van der Waals surface area contributed by atoms with Crippen LogP contribution >= 0.6 is 0 Å². The van der Waals surface area contributed by atoms with Crippen LogP contribution in [0.4, 0.5) is 0 Å². The molecule has 11 heavy (non-hydrogen) atoms. The predicted octanol–water partition coefficient (Wildman–Crippen LogP) is -0.522. The molecule has 1 saturated carbocycles. The lowest BCUT2D eigenvalue weighted by atomic mass is 10.4. The highest BCUT2D eigenvalue weighted by Crippen LogP contribution is 2.18. The molecule has 2 atom stereocenters.